The largest absolute Gasteiger partial charge is 0.495 e. The van der Waals surface area contributed by atoms with Crippen molar-refractivity contribution in [1.82, 2.24) is 15.5 Å². The van der Waals surface area contributed by atoms with Crippen LogP contribution in [0.4, 0.5) is 4.79 Å². The summed E-state index contributed by atoms with van der Waals surface area (Å²) in [5, 5.41) is 17.2. The maximum atomic E-state index is 13.0. The first kappa shape index (κ1) is 39.7. The number of benzene rings is 1. The molecule has 0 radical (unpaired) electrons. The van der Waals surface area contributed by atoms with Crippen molar-refractivity contribution in [3.05, 3.63) is 52.6 Å². The van der Waals surface area contributed by atoms with Crippen LogP contribution in [0, 0.1) is 5.92 Å². The Morgan fingerprint density at radius 3 is 2.59 bits per heavy atom. The number of alkyl carbamates (subject to hydrolysis) is 1. The first-order valence-electron chi connectivity index (χ1n) is 16.0. The minimum absolute atomic E-state index is 0.0606. The second-order valence-corrected chi connectivity index (χ2v) is 13.1. The lowest BCUT2D eigenvalue weighted by Gasteiger charge is -2.42. The Morgan fingerprint density at radius 1 is 1.29 bits per heavy atom. The third-order valence-corrected chi connectivity index (χ3v) is 9.48. The van der Waals surface area contributed by atoms with Crippen molar-refractivity contribution in [2.75, 3.05) is 34.9 Å². The van der Waals surface area contributed by atoms with Gasteiger partial charge in [0.05, 0.1) is 31.2 Å². The van der Waals surface area contributed by atoms with Crippen LogP contribution in [-0.4, -0.2) is 111 Å². The Hall–Kier alpha value is -3.69. The average Bonchev–Trinajstić information content (AvgIpc) is 3.77. The number of nitrogens with zero attached hydrogens (tertiary/aromatic N) is 1. The molecule has 0 aliphatic carbocycles. The Morgan fingerprint density at radius 2 is 1.98 bits per heavy atom. The Kier molecular flexibility index (Phi) is 13.6. The Bertz CT molecular complexity index is 1440. The number of hydrogen-bond donors (Lipinski definition) is 4. The van der Waals surface area contributed by atoms with Gasteiger partial charge in [0.2, 0.25) is 11.8 Å². The molecule has 2 aliphatic heterocycles. The van der Waals surface area contributed by atoms with Crippen molar-refractivity contribution < 1.29 is 48.0 Å². The predicted octanol–water partition coefficient (Wildman–Crippen LogP) is 2.24. The summed E-state index contributed by atoms with van der Waals surface area (Å²) in [5.74, 6) is -1.51. The average molecular weight is 709 g/mol. The van der Waals surface area contributed by atoms with Crippen molar-refractivity contribution in [3.8, 4) is 5.75 Å². The fourth-order valence-corrected chi connectivity index (χ4v) is 6.08. The number of likely N-dealkylation sites (N-methyl/N-ethyl adjacent to an activating group) is 1. The van der Waals surface area contributed by atoms with E-state index in [4.69, 9.17) is 41.0 Å². The molecule has 49 heavy (non-hydrogen) atoms. The van der Waals surface area contributed by atoms with E-state index in [0.29, 0.717) is 17.2 Å². The molecule has 0 bridgehead atoms. The van der Waals surface area contributed by atoms with Gasteiger partial charge < -0.3 is 44.7 Å². The molecule has 2 heterocycles. The number of cyclic esters (lactones) is 1. The SMILES string of the molecule is CNC(=O)CC(OC(=O)C(C)N(C)C(=O)CN)C1(C)OC1C(C)C1CC(O)(C(/C=C/C=C(\C)Cc2ccc(Cl)c(OC)c2)OC)NC(=O)O1. The van der Waals surface area contributed by atoms with Crippen molar-refractivity contribution in [2.24, 2.45) is 11.7 Å². The zero-order valence-corrected chi connectivity index (χ0v) is 30.0. The number of methoxy groups -OCH3 is 2. The molecule has 2 saturated heterocycles. The topological polar surface area (TPSA) is 191 Å². The zero-order chi connectivity index (χ0) is 36.7. The van der Waals surface area contributed by atoms with Gasteiger partial charge >= 0.3 is 12.1 Å². The molecule has 1 aromatic rings. The molecular weight excluding hydrogens is 660 g/mol. The standard InChI is InChI=1S/C34H49ClN4O10/c1-19(14-22-12-13-23(35)24(15-22)45-7)10-9-11-26(46-8)34(44)17-25(47-32(43)38-34)20(2)30-33(4,49-30)27(16-28(40)37-5)48-31(42)21(3)39(6)29(41)18-36/h9-13,15,20-21,25-27,30,44H,14,16-18,36H2,1-8H3,(H,37,40)(H,38,43)/b11-9+,19-10+. The monoisotopic (exact) mass is 708 g/mol. The van der Waals surface area contributed by atoms with Gasteiger partial charge in [0.1, 0.15) is 35.7 Å². The van der Waals surface area contributed by atoms with Gasteiger partial charge in [-0.2, -0.15) is 0 Å². The minimum atomic E-state index is -1.83. The van der Waals surface area contributed by atoms with Crippen molar-refractivity contribution in [2.45, 2.75) is 88.7 Å². The molecule has 5 N–H and O–H groups in total. The Labute approximate surface area is 292 Å². The van der Waals surface area contributed by atoms with Crippen LogP contribution in [-0.2, 0) is 39.8 Å². The normalized spacial score (nSPS) is 26.1. The molecule has 3 rings (SSSR count). The van der Waals surface area contributed by atoms with Crippen molar-refractivity contribution in [3.63, 3.8) is 0 Å². The molecular formula is C34H49ClN4O10. The number of hydrogen-bond acceptors (Lipinski definition) is 11. The number of carbonyl (C=O) groups excluding carboxylic acids is 4. The zero-order valence-electron chi connectivity index (χ0n) is 29.3. The number of esters is 1. The van der Waals surface area contributed by atoms with Gasteiger partial charge in [-0.3, -0.25) is 14.9 Å². The third kappa shape index (κ3) is 9.73. The van der Waals surface area contributed by atoms with E-state index >= 15 is 0 Å². The molecule has 2 aliphatic rings. The molecule has 8 atom stereocenters. The van der Waals surface area contributed by atoms with Gasteiger partial charge in [-0.25, -0.2) is 9.59 Å². The summed E-state index contributed by atoms with van der Waals surface area (Å²) in [7, 11) is 5.86. The highest BCUT2D eigenvalue weighted by Crippen LogP contribution is 2.48. The summed E-state index contributed by atoms with van der Waals surface area (Å²) < 4.78 is 28.3. The van der Waals surface area contributed by atoms with E-state index in [9.17, 15) is 24.3 Å². The van der Waals surface area contributed by atoms with Gasteiger partial charge in [0.15, 0.2) is 5.72 Å². The fourth-order valence-electron chi connectivity index (χ4n) is 5.88. The number of nitrogens with two attached hydrogens (primary N) is 1. The van der Waals surface area contributed by atoms with Gasteiger partial charge in [0.25, 0.3) is 0 Å². The molecule has 8 unspecified atom stereocenters. The van der Waals surface area contributed by atoms with E-state index in [2.05, 4.69) is 10.6 Å². The van der Waals surface area contributed by atoms with E-state index < -0.39 is 71.6 Å². The first-order chi connectivity index (χ1) is 23.0. The summed E-state index contributed by atoms with van der Waals surface area (Å²) in [5.41, 5.74) is 4.48. The van der Waals surface area contributed by atoms with Crippen LogP contribution in [0.3, 0.4) is 0 Å². The van der Waals surface area contributed by atoms with E-state index in [1.807, 2.05) is 25.1 Å². The van der Waals surface area contributed by atoms with E-state index in [-0.39, 0.29) is 19.4 Å². The molecule has 15 heteroatoms. The molecule has 3 amide bonds. The maximum Gasteiger partial charge on any atom is 0.409 e. The van der Waals surface area contributed by atoms with Crippen molar-refractivity contribution in [1.29, 1.82) is 0 Å². The number of allylic oxidation sites excluding steroid dienone is 3. The Balaban J connectivity index is 1.73. The second-order valence-electron chi connectivity index (χ2n) is 12.7. The van der Waals surface area contributed by atoms with Crippen LogP contribution in [0.5, 0.6) is 5.75 Å². The predicted molar refractivity (Wildman–Crippen MR) is 181 cm³/mol. The fraction of sp³-hybridized carbons (Fsp3) is 0.588. The molecule has 2 fully saturated rings. The summed E-state index contributed by atoms with van der Waals surface area (Å²) in [4.78, 5) is 51.4. The summed E-state index contributed by atoms with van der Waals surface area (Å²) >= 11 is 6.14. The molecule has 0 aromatic heterocycles. The van der Waals surface area contributed by atoms with Gasteiger partial charge in [-0.1, -0.05) is 48.4 Å². The summed E-state index contributed by atoms with van der Waals surface area (Å²) in [6, 6.07) is 4.58. The molecule has 272 valence electrons. The van der Waals surface area contributed by atoms with Crippen LogP contribution >= 0.6 is 11.6 Å². The highest BCUT2D eigenvalue weighted by Gasteiger charge is 2.64. The number of epoxide rings is 1. The lowest BCUT2D eigenvalue weighted by molar-refractivity contribution is -0.161. The number of carbonyl (C=O) groups is 4. The van der Waals surface area contributed by atoms with Gasteiger partial charge in [-0.05, 0) is 44.9 Å². The smallest absolute Gasteiger partial charge is 0.409 e. The van der Waals surface area contributed by atoms with Crippen LogP contribution in [0.15, 0.2) is 42.0 Å². The van der Waals surface area contributed by atoms with Crippen molar-refractivity contribution >= 4 is 35.5 Å². The van der Waals surface area contributed by atoms with Gasteiger partial charge in [0, 0.05) is 33.5 Å². The number of ether oxygens (including phenoxy) is 5. The quantitative estimate of drug-likeness (QED) is 0.112. The maximum absolute atomic E-state index is 13.0. The number of amides is 3. The summed E-state index contributed by atoms with van der Waals surface area (Å²) in [6.07, 6.45) is 1.33. The van der Waals surface area contributed by atoms with Crippen LogP contribution in [0.1, 0.15) is 46.1 Å². The van der Waals surface area contributed by atoms with Crippen LogP contribution < -0.4 is 21.1 Å². The van der Waals surface area contributed by atoms with E-state index in [0.717, 1.165) is 11.1 Å². The number of nitrogens with one attached hydrogen (secondary N) is 2. The van der Waals surface area contributed by atoms with Crippen LogP contribution in [0.25, 0.3) is 0 Å². The lowest BCUT2D eigenvalue weighted by Crippen LogP contribution is -2.63. The highest BCUT2D eigenvalue weighted by atomic mass is 35.5. The number of halogens is 1. The van der Waals surface area contributed by atoms with Gasteiger partial charge in [-0.15, -0.1) is 0 Å². The molecule has 14 nitrogen and oxygen atoms in total. The molecule has 0 spiro atoms. The second kappa shape index (κ2) is 16.8. The molecule has 0 saturated carbocycles. The van der Waals surface area contributed by atoms with E-state index in [1.165, 1.54) is 33.0 Å². The number of rotatable bonds is 16. The van der Waals surface area contributed by atoms with E-state index in [1.54, 1.807) is 39.2 Å². The summed E-state index contributed by atoms with van der Waals surface area (Å²) in [6.45, 7) is 6.64. The lowest BCUT2D eigenvalue weighted by atomic mass is 9.83. The highest BCUT2D eigenvalue weighted by molar-refractivity contribution is 6.32. The molecule has 1 aromatic carbocycles. The number of aliphatic hydroxyl groups is 1. The third-order valence-electron chi connectivity index (χ3n) is 9.17. The first-order valence-corrected chi connectivity index (χ1v) is 16.4. The minimum Gasteiger partial charge on any atom is -0.495 e. The van der Waals surface area contributed by atoms with Crippen LogP contribution in [0.2, 0.25) is 5.02 Å².